The molecule has 184 valence electrons. The van der Waals surface area contributed by atoms with Gasteiger partial charge in [0.15, 0.2) is 0 Å². The number of hydrogen-bond acceptors (Lipinski definition) is 5. The highest BCUT2D eigenvalue weighted by atomic mass is 16.4. The van der Waals surface area contributed by atoms with Gasteiger partial charge in [-0.1, -0.05) is 84.0 Å². The molecule has 1 aliphatic rings. The lowest BCUT2D eigenvalue weighted by Gasteiger charge is -1.96. The second-order valence-electron chi connectivity index (χ2n) is 5.63. The standard InChI is InChI=1S/C8H5NO2.C7H7NO2.C6H7N.3C2H6/c10-7-5-3-1-2-4-6(5)9-8(7)11;8-6-4-2-1-3-5(6)7(9)10;7-6-4-2-1-3-5-6;3*1-2/h1-4H,(H,9,10,11);1-4H,8H2,(H,9,10);1-5H,7H2;3*1-2H3. The molecule has 0 saturated carbocycles. The summed E-state index contributed by atoms with van der Waals surface area (Å²) in [6.07, 6.45) is 0. The van der Waals surface area contributed by atoms with Crippen LogP contribution in [0.2, 0.25) is 0 Å². The minimum atomic E-state index is -0.988. The Morgan fingerprint density at radius 3 is 1.59 bits per heavy atom. The average Bonchev–Trinajstić information content (AvgIpc) is 3.18. The van der Waals surface area contributed by atoms with Crippen molar-refractivity contribution < 1.29 is 19.5 Å². The van der Waals surface area contributed by atoms with Gasteiger partial charge in [-0.2, -0.15) is 0 Å². The van der Waals surface area contributed by atoms with Gasteiger partial charge in [-0.25, -0.2) is 4.79 Å². The van der Waals surface area contributed by atoms with Gasteiger partial charge in [0.1, 0.15) is 0 Å². The first kappa shape index (κ1) is 32.1. The smallest absolute Gasteiger partial charge is 0.337 e. The van der Waals surface area contributed by atoms with Crippen molar-refractivity contribution in [1.82, 2.24) is 0 Å². The molecule has 0 fully saturated rings. The molecule has 0 atom stereocenters. The number of carbonyl (C=O) groups excluding carboxylic acids is 2. The van der Waals surface area contributed by atoms with E-state index >= 15 is 0 Å². The zero-order valence-corrected chi connectivity index (χ0v) is 20.8. The van der Waals surface area contributed by atoms with Gasteiger partial charge in [-0.05, 0) is 36.4 Å². The number of carboxylic acid groups (broad SMARTS) is 1. The number of hydrogen-bond donors (Lipinski definition) is 4. The van der Waals surface area contributed by atoms with Gasteiger partial charge < -0.3 is 21.9 Å². The Hall–Kier alpha value is -4.13. The summed E-state index contributed by atoms with van der Waals surface area (Å²) in [7, 11) is 0. The maximum atomic E-state index is 11.0. The Morgan fingerprint density at radius 2 is 1.18 bits per heavy atom. The molecule has 0 spiro atoms. The molecular weight excluding hydrogens is 430 g/mol. The van der Waals surface area contributed by atoms with E-state index in [4.69, 9.17) is 16.6 Å². The number of nitrogen functional groups attached to an aromatic ring is 2. The molecule has 0 aromatic heterocycles. The predicted molar refractivity (Wildman–Crippen MR) is 142 cm³/mol. The van der Waals surface area contributed by atoms with Gasteiger partial charge in [0.25, 0.3) is 11.7 Å². The van der Waals surface area contributed by atoms with Gasteiger partial charge in [0, 0.05) is 11.4 Å². The first-order valence-corrected chi connectivity index (χ1v) is 11.2. The highest BCUT2D eigenvalue weighted by Crippen LogP contribution is 2.21. The molecule has 34 heavy (non-hydrogen) atoms. The maximum absolute atomic E-state index is 11.0. The zero-order chi connectivity index (χ0) is 26.5. The Bertz CT molecular complexity index is 990. The molecule has 7 nitrogen and oxygen atoms in total. The van der Waals surface area contributed by atoms with Crippen molar-refractivity contribution >= 4 is 34.7 Å². The number of para-hydroxylation sites is 3. The molecule has 0 saturated heterocycles. The fourth-order valence-corrected chi connectivity index (χ4v) is 2.24. The van der Waals surface area contributed by atoms with E-state index in [9.17, 15) is 14.4 Å². The van der Waals surface area contributed by atoms with Crippen LogP contribution in [-0.2, 0) is 4.79 Å². The Kier molecular flexibility index (Phi) is 18.4. The van der Waals surface area contributed by atoms with Gasteiger partial charge in [0.05, 0.1) is 16.8 Å². The molecule has 3 aromatic rings. The quantitative estimate of drug-likeness (QED) is 0.251. The topological polar surface area (TPSA) is 136 Å². The molecule has 1 heterocycles. The van der Waals surface area contributed by atoms with Crippen LogP contribution in [-0.4, -0.2) is 22.8 Å². The third-order valence-corrected chi connectivity index (χ3v) is 3.62. The Balaban J connectivity index is 0. The number of rotatable bonds is 1. The minimum Gasteiger partial charge on any atom is -0.478 e. The number of nitrogens with one attached hydrogen (secondary N) is 1. The first-order valence-electron chi connectivity index (χ1n) is 11.2. The van der Waals surface area contributed by atoms with E-state index in [2.05, 4.69) is 5.32 Å². The number of ketones is 1. The number of fused-ring (bicyclic) bond motifs is 1. The third kappa shape index (κ3) is 11.5. The van der Waals surface area contributed by atoms with Gasteiger partial charge in [-0.3, -0.25) is 9.59 Å². The van der Waals surface area contributed by atoms with Gasteiger partial charge in [0.2, 0.25) is 0 Å². The number of Topliss-reactive ketones (excluding diaryl/α,β-unsaturated/α-hetero) is 1. The van der Waals surface area contributed by atoms with E-state index in [1.165, 1.54) is 6.07 Å². The van der Waals surface area contributed by atoms with E-state index < -0.39 is 17.7 Å². The summed E-state index contributed by atoms with van der Waals surface area (Å²) in [6.45, 7) is 12.0. The van der Waals surface area contributed by atoms with Gasteiger partial charge >= 0.3 is 5.97 Å². The molecule has 0 unspecified atom stereocenters. The van der Waals surface area contributed by atoms with Crippen LogP contribution in [0.25, 0.3) is 0 Å². The Labute approximate surface area is 202 Å². The van der Waals surface area contributed by atoms with E-state index in [0.717, 1.165) is 5.69 Å². The lowest BCUT2D eigenvalue weighted by atomic mass is 10.1. The van der Waals surface area contributed by atoms with Crippen molar-refractivity contribution in [3.05, 3.63) is 90.0 Å². The lowest BCUT2D eigenvalue weighted by molar-refractivity contribution is -0.112. The van der Waals surface area contributed by atoms with Crippen LogP contribution >= 0.6 is 0 Å². The number of carbonyl (C=O) groups is 3. The number of nitrogens with two attached hydrogens (primary N) is 2. The molecular formula is C27H37N3O4. The summed E-state index contributed by atoms with van der Waals surface area (Å²) < 4.78 is 0. The minimum absolute atomic E-state index is 0.155. The van der Waals surface area contributed by atoms with Crippen molar-refractivity contribution in [3.63, 3.8) is 0 Å². The van der Waals surface area contributed by atoms with Crippen LogP contribution in [0.5, 0.6) is 0 Å². The highest BCUT2D eigenvalue weighted by molar-refractivity contribution is 6.51. The summed E-state index contributed by atoms with van der Waals surface area (Å²) in [5.74, 6) is -1.97. The SMILES string of the molecule is CC.CC.CC.Nc1ccccc1.Nc1ccccc1C(=O)O.O=C1Nc2ccccc2C1=O. The summed E-state index contributed by atoms with van der Waals surface area (Å²) in [5.41, 5.74) is 13.1. The molecule has 3 aromatic carbocycles. The van der Waals surface area contributed by atoms with Crippen LogP contribution in [0.4, 0.5) is 17.1 Å². The summed E-state index contributed by atoms with van der Waals surface area (Å²) in [5, 5.41) is 10.9. The summed E-state index contributed by atoms with van der Waals surface area (Å²) >= 11 is 0. The van der Waals surface area contributed by atoms with Crippen LogP contribution < -0.4 is 16.8 Å². The summed E-state index contributed by atoms with van der Waals surface area (Å²) in [6, 6.07) is 22.7. The number of amides is 1. The van der Waals surface area contributed by atoms with Crippen molar-refractivity contribution in [2.24, 2.45) is 0 Å². The number of aromatic carboxylic acids is 1. The third-order valence-electron chi connectivity index (χ3n) is 3.62. The predicted octanol–water partition coefficient (Wildman–Crippen LogP) is 6.14. The van der Waals surface area contributed by atoms with E-state index in [-0.39, 0.29) is 5.56 Å². The molecule has 1 aliphatic heterocycles. The number of carboxylic acids is 1. The molecule has 7 heteroatoms. The zero-order valence-electron chi connectivity index (χ0n) is 20.8. The summed E-state index contributed by atoms with van der Waals surface area (Å²) in [4.78, 5) is 32.1. The Morgan fingerprint density at radius 1 is 0.706 bits per heavy atom. The maximum Gasteiger partial charge on any atom is 0.337 e. The highest BCUT2D eigenvalue weighted by Gasteiger charge is 2.26. The molecule has 1 amide bonds. The van der Waals surface area contributed by atoms with E-state index in [1.54, 1.807) is 42.5 Å². The van der Waals surface area contributed by atoms with Crippen LogP contribution in [0, 0.1) is 0 Å². The van der Waals surface area contributed by atoms with Crippen molar-refractivity contribution in [3.8, 4) is 0 Å². The van der Waals surface area contributed by atoms with Crippen LogP contribution in [0.15, 0.2) is 78.9 Å². The fraction of sp³-hybridized carbons (Fsp3) is 0.222. The van der Waals surface area contributed by atoms with E-state index in [1.807, 2.05) is 71.9 Å². The number of anilines is 3. The van der Waals surface area contributed by atoms with Crippen molar-refractivity contribution in [1.29, 1.82) is 0 Å². The molecule has 0 radical (unpaired) electrons. The van der Waals surface area contributed by atoms with E-state index in [0.29, 0.717) is 16.9 Å². The first-order chi connectivity index (χ1) is 16.4. The molecule has 6 N–H and O–H groups in total. The van der Waals surface area contributed by atoms with Crippen LogP contribution in [0.3, 0.4) is 0 Å². The monoisotopic (exact) mass is 467 g/mol. The largest absolute Gasteiger partial charge is 0.478 e. The molecule has 0 aliphatic carbocycles. The second-order valence-corrected chi connectivity index (χ2v) is 5.63. The van der Waals surface area contributed by atoms with Crippen molar-refractivity contribution in [2.75, 3.05) is 16.8 Å². The van der Waals surface area contributed by atoms with Gasteiger partial charge in [-0.15, -0.1) is 0 Å². The van der Waals surface area contributed by atoms with Crippen molar-refractivity contribution in [2.45, 2.75) is 41.5 Å². The fourth-order valence-electron chi connectivity index (χ4n) is 2.24. The second kappa shape index (κ2) is 19.5. The van der Waals surface area contributed by atoms with Crippen LogP contribution in [0.1, 0.15) is 62.3 Å². The lowest BCUT2D eigenvalue weighted by Crippen LogP contribution is -2.12. The molecule has 0 bridgehead atoms. The average molecular weight is 468 g/mol. The normalized spacial score (nSPS) is 9.71. The molecule has 4 rings (SSSR count). The number of benzene rings is 3.